The second-order valence-corrected chi connectivity index (χ2v) is 6.09. The number of hydrogen-bond acceptors (Lipinski definition) is 7. The van der Waals surface area contributed by atoms with E-state index in [2.05, 4.69) is 20.5 Å². The number of pyridine rings is 1. The Hall–Kier alpha value is -2.89. The molecule has 3 aromatic rings. The average molecular weight is 372 g/mol. The first-order valence-corrected chi connectivity index (χ1v) is 8.38. The fourth-order valence-electron chi connectivity index (χ4n) is 1.89. The number of anilines is 1. The molecule has 25 heavy (non-hydrogen) atoms. The van der Waals surface area contributed by atoms with Gasteiger partial charge in [-0.15, -0.1) is 10.2 Å². The van der Waals surface area contributed by atoms with Gasteiger partial charge in [0, 0.05) is 23.6 Å². The summed E-state index contributed by atoms with van der Waals surface area (Å²) in [6.45, 7) is 0. The number of benzene rings is 1. The number of carbonyl (C=O) groups is 1. The van der Waals surface area contributed by atoms with Crippen molar-refractivity contribution in [2.24, 2.45) is 0 Å². The molecule has 124 valence electrons. The Labute approximate surface area is 152 Å². The van der Waals surface area contributed by atoms with Crippen molar-refractivity contribution in [1.82, 2.24) is 15.2 Å². The highest BCUT2D eigenvalue weighted by Gasteiger charge is 2.11. The fraction of sp³-hybridized carbons (Fsp3) is 0.0625. The molecule has 0 saturated heterocycles. The lowest BCUT2D eigenvalue weighted by Crippen LogP contribution is -2.14. The Morgan fingerprint density at radius 3 is 2.80 bits per heavy atom. The van der Waals surface area contributed by atoms with Crippen LogP contribution in [0.25, 0.3) is 11.5 Å². The van der Waals surface area contributed by atoms with E-state index in [1.807, 2.05) is 6.07 Å². The maximum atomic E-state index is 12.0. The normalized spacial score (nSPS) is 10.2. The van der Waals surface area contributed by atoms with Crippen LogP contribution in [0.4, 0.5) is 5.69 Å². The molecule has 0 aliphatic rings. The molecular weight excluding hydrogens is 362 g/mol. The van der Waals surface area contributed by atoms with E-state index in [9.17, 15) is 4.79 Å². The van der Waals surface area contributed by atoms with Crippen molar-refractivity contribution in [3.63, 3.8) is 0 Å². The minimum Gasteiger partial charge on any atom is -0.411 e. The van der Waals surface area contributed by atoms with Crippen LogP contribution in [0, 0.1) is 11.3 Å². The largest absolute Gasteiger partial charge is 0.411 e. The lowest BCUT2D eigenvalue weighted by molar-refractivity contribution is -0.113. The maximum absolute atomic E-state index is 12.0. The monoisotopic (exact) mass is 371 g/mol. The van der Waals surface area contributed by atoms with E-state index in [1.54, 1.807) is 36.7 Å². The van der Waals surface area contributed by atoms with Gasteiger partial charge in [-0.2, -0.15) is 5.26 Å². The van der Waals surface area contributed by atoms with Crippen molar-refractivity contribution in [2.75, 3.05) is 11.1 Å². The first-order valence-electron chi connectivity index (χ1n) is 7.02. The van der Waals surface area contributed by atoms with Gasteiger partial charge in [0.05, 0.1) is 16.3 Å². The fourth-order valence-corrected chi connectivity index (χ4v) is 2.67. The van der Waals surface area contributed by atoms with Gasteiger partial charge in [-0.25, -0.2) is 0 Å². The molecule has 0 unspecified atom stereocenters. The lowest BCUT2D eigenvalue weighted by Gasteiger charge is -2.05. The molecule has 0 atom stereocenters. The lowest BCUT2D eigenvalue weighted by atomic mass is 10.2. The molecule has 0 aliphatic heterocycles. The molecule has 0 fully saturated rings. The number of rotatable bonds is 5. The first-order chi connectivity index (χ1) is 12.2. The first kappa shape index (κ1) is 17.0. The molecule has 2 aromatic heterocycles. The topological polar surface area (TPSA) is 105 Å². The van der Waals surface area contributed by atoms with Gasteiger partial charge < -0.3 is 9.73 Å². The van der Waals surface area contributed by atoms with Crippen molar-refractivity contribution >= 4 is 35.0 Å². The number of halogens is 1. The van der Waals surface area contributed by atoms with E-state index in [4.69, 9.17) is 21.3 Å². The molecule has 1 amide bonds. The summed E-state index contributed by atoms with van der Waals surface area (Å²) < 4.78 is 5.50. The SMILES string of the molecule is N#Cc1ccc(NC(=O)CSc2nnc(-c3ccncc3)o2)cc1Cl. The van der Waals surface area contributed by atoms with Crippen molar-refractivity contribution in [3.8, 4) is 17.5 Å². The predicted octanol–water partition coefficient (Wildman–Crippen LogP) is 3.39. The smallest absolute Gasteiger partial charge is 0.277 e. The van der Waals surface area contributed by atoms with E-state index in [1.165, 1.54) is 6.07 Å². The zero-order valence-electron chi connectivity index (χ0n) is 12.6. The average Bonchev–Trinajstić information content (AvgIpc) is 3.10. The number of hydrogen-bond donors (Lipinski definition) is 1. The van der Waals surface area contributed by atoms with Crippen LogP contribution in [0.5, 0.6) is 0 Å². The van der Waals surface area contributed by atoms with Crippen LogP contribution in [0.1, 0.15) is 5.56 Å². The van der Waals surface area contributed by atoms with Gasteiger partial charge >= 0.3 is 0 Å². The maximum Gasteiger partial charge on any atom is 0.277 e. The zero-order chi connectivity index (χ0) is 17.6. The molecule has 1 aromatic carbocycles. The Kier molecular flexibility index (Phi) is 5.28. The van der Waals surface area contributed by atoms with Crippen LogP contribution < -0.4 is 5.32 Å². The summed E-state index contributed by atoms with van der Waals surface area (Å²) in [5.74, 6) is 0.203. The van der Waals surface area contributed by atoms with Gasteiger partial charge in [0.25, 0.3) is 5.22 Å². The van der Waals surface area contributed by atoms with E-state index in [-0.39, 0.29) is 16.7 Å². The van der Waals surface area contributed by atoms with Crippen LogP contribution >= 0.6 is 23.4 Å². The number of nitrogens with one attached hydrogen (secondary N) is 1. The van der Waals surface area contributed by atoms with Crippen molar-refractivity contribution in [2.45, 2.75) is 5.22 Å². The molecule has 9 heteroatoms. The molecule has 0 spiro atoms. The van der Waals surface area contributed by atoms with Crippen molar-refractivity contribution in [3.05, 3.63) is 53.3 Å². The Morgan fingerprint density at radius 2 is 2.08 bits per heavy atom. The molecule has 0 bridgehead atoms. The molecule has 1 N–H and O–H groups in total. The molecule has 2 heterocycles. The van der Waals surface area contributed by atoms with Crippen LogP contribution in [0.2, 0.25) is 5.02 Å². The third kappa shape index (κ3) is 4.35. The van der Waals surface area contributed by atoms with Gasteiger partial charge in [-0.05, 0) is 30.3 Å². The van der Waals surface area contributed by atoms with Crippen LogP contribution in [-0.2, 0) is 4.79 Å². The van der Waals surface area contributed by atoms with E-state index in [0.29, 0.717) is 22.4 Å². The molecule has 7 nitrogen and oxygen atoms in total. The van der Waals surface area contributed by atoms with Gasteiger partial charge in [0.2, 0.25) is 11.8 Å². The molecule has 0 aliphatic carbocycles. The van der Waals surface area contributed by atoms with Gasteiger partial charge in [-0.1, -0.05) is 23.4 Å². The minimum absolute atomic E-state index is 0.0929. The number of amides is 1. The van der Waals surface area contributed by atoms with Crippen LogP contribution in [0.3, 0.4) is 0 Å². The molecular formula is C16H10ClN5O2S. The van der Waals surface area contributed by atoms with E-state index in [0.717, 1.165) is 17.3 Å². The summed E-state index contributed by atoms with van der Waals surface area (Å²) >= 11 is 7.05. The molecule has 3 rings (SSSR count). The highest BCUT2D eigenvalue weighted by molar-refractivity contribution is 7.99. The van der Waals surface area contributed by atoms with Gasteiger partial charge in [0.15, 0.2) is 0 Å². The Morgan fingerprint density at radius 1 is 1.28 bits per heavy atom. The van der Waals surface area contributed by atoms with E-state index < -0.39 is 0 Å². The zero-order valence-corrected chi connectivity index (χ0v) is 14.2. The third-order valence-corrected chi connectivity index (χ3v) is 4.16. The quantitative estimate of drug-likeness (QED) is 0.685. The summed E-state index contributed by atoms with van der Waals surface area (Å²) in [7, 11) is 0. The Bertz CT molecular complexity index is 939. The summed E-state index contributed by atoms with van der Waals surface area (Å²) in [6.07, 6.45) is 3.25. The molecule has 0 radical (unpaired) electrons. The number of nitriles is 1. The van der Waals surface area contributed by atoms with Crippen LogP contribution in [0.15, 0.2) is 52.4 Å². The second kappa shape index (κ2) is 7.79. The summed E-state index contributed by atoms with van der Waals surface area (Å²) in [4.78, 5) is 15.9. The van der Waals surface area contributed by atoms with Crippen molar-refractivity contribution in [1.29, 1.82) is 5.26 Å². The number of thioether (sulfide) groups is 1. The molecule has 0 saturated carbocycles. The number of nitrogens with zero attached hydrogens (tertiary/aromatic N) is 4. The van der Waals surface area contributed by atoms with Gasteiger partial charge in [0.1, 0.15) is 6.07 Å². The summed E-state index contributed by atoms with van der Waals surface area (Å²) in [5, 5.41) is 19.9. The number of carbonyl (C=O) groups excluding carboxylic acids is 1. The highest BCUT2D eigenvalue weighted by atomic mass is 35.5. The summed E-state index contributed by atoms with van der Waals surface area (Å²) in [5.41, 5.74) is 1.62. The third-order valence-electron chi connectivity index (χ3n) is 3.03. The van der Waals surface area contributed by atoms with Gasteiger partial charge in [-0.3, -0.25) is 9.78 Å². The second-order valence-electron chi connectivity index (χ2n) is 4.75. The highest BCUT2D eigenvalue weighted by Crippen LogP contribution is 2.23. The van der Waals surface area contributed by atoms with Crippen LogP contribution in [-0.4, -0.2) is 26.8 Å². The van der Waals surface area contributed by atoms with E-state index >= 15 is 0 Å². The minimum atomic E-state index is -0.255. The summed E-state index contributed by atoms with van der Waals surface area (Å²) in [6, 6.07) is 10.1. The number of aromatic nitrogens is 3. The predicted molar refractivity (Wildman–Crippen MR) is 93.0 cm³/mol. The van der Waals surface area contributed by atoms with Crippen molar-refractivity contribution < 1.29 is 9.21 Å². The standard InChI is InChI=1S/C16H10ClN5O2S/c17-13-7-12(2-1-11(13)8-18)20-14(23)9-25-16-22-21-15(24-16)10-3-5-19-6-4-10/h1-7H,9H2,(H,20,23). The Balaban J connectivity index is 1.57.